The standard InChI is InChI=1S/C4H12N2S.Zn/c5-1-3-7-4-2-6;/h1-6H2;. The van der Waals surface area contributed by atoms with Crippen LogP contribution in [0.2, 0.25) is 0 Å². The Kier molecular flexibility index (Phi) is 15.7. The second-order valence-corrected chi connectivity index (χ2v) is 2.41. The zero-order chi connectivity index (χ0) is 5.54. The smallest absolute Gasteiger partial charge is 0.00563 e. The first-order chi connectivity index (χ1) is 3.41. The Bertz CT molecular complexity index is 33.2. The fraction of sp³-hybridized carbons (Fsp3) is 1.00. The Morgan fingerprint density at radius 2 is 1.38 bits per heavy atom. The molecule has 0 aliphatic heterocycles. The van der Waals surface area contributed by atoms with E-state index in [2.05, 4.69) is 0 Å². The van der Waals surface area contributed by atoms with Gasteiger partial charge in [0.15, 0.2) is 0 Å². The van der Waals surface area contributed by atoms with Gasteiger partial charge in [0.1, 0.15) is 0 Å². The summed E-state index contributed by atoms with van der Waals surface area (Å²) in [5, 5.41) is 0. The van der Waals surface area contributed by atoms with E-state index in [0.29, 0.717) is 0 Å². The van der Waals surface area contributed by atoms with E-state index in [1.54, 1.807) is 11.8 Å². The molecule has 0 heterocycles. The van der Waals surface area contributed by atoms with Gasteiger partial charge in [-0.2, -0.15) is 11.8 Å². The van der Waals surface area contributed by atoms with Crippen molar-refractivity contribution in [3.63, 3.8) is 0 Å². The van der Waals surface area contributed by atoms with Gasteiger partial charge in [0.2, 0.25) is 0 Å². The van der Waals surface area contributed by atoms with Crippen LogP contribution in [0.25, 0.3) is 0 Å². The van der Waals surface area contributed by atoms with Crippen molar-refractivity contribution in [1.29, 1.82) is 0 Å². The van der Waals surface area contributed by atoms with E-state index in [0.717, 1.165) is 24.6 Å². The Balaban J connectivity index is 0. The molecule has 0 radical (unpaired) electrons. The van der Waals surface area contributed by atoms with Gasteiger partial charge in [0, 0.05) is 44.1 Å². The molecule has 0 aromatic rings. The van der Waals surface area contributed by atoms with Gasteiger partial charge in [-0.1, -0.05) is 0 Å². The number of nitrogens with two attached hydrogens (primary N) is 2. The van der Waals surface area contributed by atoms with E-state index >= 15 is 0 Å². The fourth-order valence-electron chi connectivity index (χ4n) is 0.269. The maximum absolute atomic E-state index is 5.21. The molecule has 8 heavy (non-hydrogen) atoms. The Labute approximate surface area is 67.5 Å². The fourth-order valence-corrected chi connectivity index (χ4v) is 0.806. The van der Waals surface area contributed by atoms with Crippen LogP contribution >= 0.6 is 11.8 Å². The molecular weight excluding hydrogens is 174 g/mol. The molecule has 0 atom stereocenters. The normalized spacial score (nSPS) is 8.25. The van der Waals surface area contributed by atoms with Gasteiger partial charge in [-0.05, 0) is 0 Å². The van der Waals surface area contributed by atoms with Crippen LogP contribution in [0.1, 0.15) is 0 Å². The van der Waals surface area contributed by atoms with Crippen LogP contribution in [-0.2, 0) is 19.5 Å². The van der Waals surface area contributed by atoms with E-state index in [1.807, 2.05) is 0 Å². The van der Waals surface area contributed by atoms with E-state index in [1.165, 1.54) is 0 Å². The maximum atomic E-state index is 5.21. The van der Waals surface area contributed by atoms with Crippen LogP contribution in [-0.4, -0.2) is 24.6 Å². The molecule has 0 aliphatic carbocycles. The molecule has 0 saturated carbocycles. The van der Waals surface area contributed by atoms with Crippen LogP contribution in [0, 0.1) is 0 Å². The molecule has 4 heteroatoms. The van der Waals surface area contributed by atoms with E-state index < -0.39 is 0 Å². The van der Waals surface area contributed by atoms with Gasteiger partial charge in [-0.25, -0.2) is 0 Å². The quantitative estimate of drug-likeness (QED) is 0.465. The SMILES string of the molecule is NCCSCCN.[Zn]. The molecule has 0 unspecified atom stereocenters. The van der Waals surface area contributed by atoms with Crippen molar-refractivity contribution in [2.24, 2.45) is 11.5 Å². The molecule has 4 N–H and O–H groups in total. The Morgan fingerprint density at radius 3 is 1.62 bits per heavy atom. The van der Waals surface area contributed by atoms with E-state index in [-0.39, 0.29) is 19.5 Å². The zero-order valence-corrected chi connectivity index (χ0v) is 8.88. The first-order valence-electron chi connectivity index (χ1n) is 2.39. The van der Waals surface area contributed by atoms with Crippen LogP contribution in [0.4, 0.5) is 0 Å². The molecular formula is C4H12N2SZn. The van der Waals surface area contributed by atoms with Gasteiger partial charge in [-0.15, -0.1) is 0 Å². The molecule has 0 bridgehead atoms. The molecule has 0 rings (SSSR count). The van der Waals surface area contributed by atoms with Crippen LogP contribution in [0.3, 0.4) is 0 Å². The minimum Gasteiger partial charge on any atom is -0.330 e. The molecule has 0 saturated heterocycles. The number of hydrogen-bond acceptors (Lipinski definition) is 3. The number of hydrogen-bond donors (Lipinski definition) is 2. The minimum absolute atomic E-state index is 0. The van der Waals surface area contributed by atoms with Crippen LogP contribution in [0.5, 0.6) is 0 Å². The maximum Gasteiger partial charge on any atom is 0.00563 e. The molecule has 0 aliphatic rings. The van der Waals surface area contributed by atoms with E-state index in [4.69, 9.17) is 11.5 Å². The van der Waals surface area contributed by atoms with Crippen molar-refractivity contribution < 1.29 is 19.5 Å². The molecule has 0 aromatic heterocycles. The van der Waals surface area contributed by atoms with Crippen LogP contribution in [0.15, 0.2) is 0 Å². The topological polar surface area (TPSA) is 52.0 Å². The average molecular weight is 186 g/mol. The molecule has 2 nitrogen and oxygen atoms in total. The van der Waals surface area contributed by atoms with Gasteiger partial charge in [0.25, 0.3) is 0 Å². The minimum atomic E-state index is 0. The predicted molar refractivity (Wildman–Crippen MR) is 35.4 cm³/mol. The average Bonchev–Trinajstić information content (AvgIpc) is 1.69. The molecule has 0 spiro atoms. The first kappa shape index (κ1) is 11.7. The molecule has 0 fully saturated rings. The summed E-state index contributed by atoms with van der Waals surface area (Å²) in [6.07, 6.45) is 0. The molecule has 0 aromatic carbocycles. The monoisotopic (exact) mass is 184 g/mol. The Morgan fingerprint density at radius 1 is 1.00 bits per heavy atom. The van der Waals surface area contributed by atoms with Crippen molar-refractivity contribution in [3.8, 4) is 0 Å². The van der Waals surface area contributed by atoms with Gasteiger partial charge in [0.05, 0.1) is 0 Å². The van der Waals surface area contributed by atoms with Crippen molar-refractivity contribution in [1.82, 2.24) is 0 Å². The summed E-state index contributed by atoms with van der Waals surface area (Å²) < 4.78 is 0. The first-order valence-corrected chi connectivity index (χ1v) is 3.55. The second-order valence-electron chi connectivity index (χ2n) is 1.19. The summed E-state index contributed by atoms with van der Waals surface area (Å²) in [6.45, 7) is 1.54. The van der Waals surface area contributed by atoms with Gasteiger partial charge < -0.3 is 11.5 Å². The van der Waals surface area contributed by atoms with Gasteiger partial charge in [-0.3, -0.25) is 0 Å². The van der Waals surface area contributed by atoms with Crippen molar-refractivity contribution in [2.45, 2.75) is 0 Å². The zero-order valence-electron chi connectivity index (χ0n) is 5.10. The summed E-state index contributed by atoms with van der Waals surface area (Å²) in [6, 6.07) is 0. The third-order valence-corrected chi connectivity index (χ3v) is 1.57. The molecule has 46 valence electrons. The largest absolute Gasteiger partial charge is 0.330 e. The van der Waals surface area contributed by atoms with Crippen molar-refractivity contribution >= 4 is 11.8 Å². The number of rotatable bonds is 4. The number of thioether (sulfide) groups is 1. The summed E-state index contributed by atoms with van der Waals surface area (Å²) in [4.78, 5) is 0. The predicted octanol–water partition coefficient (Wildman–Crippen LogP) is -0.365. The Hall–Kier alpha value is 0.893. The van der Waals surface area contributed by atoms with Gasteiger partial charge >= 0.3 is 0 Å². The van der Waals surface area contributed by atoms with Crippen molar-refractivity contribution in [3.05, 3.63) is 0 Å². The van der Waals surface area contributed by atoms with Crippen molar-refractivity contribution in [2.75, 3.05) is 24.6 Å². The second kappa shape index (κ2) is 10.8. The summed E-state index contributed by atoms with van der Waals surface area (Å²) in [5.74, 6) is 2.08. The summed E-state index contributed by atoms with van der Waals surface area (Å²) in [5.41, 5.74) is 10.4. The summed E-state index contributed by atoms with van der Waals surface area (Å²) >= 11 is 1.80. The third kappa shape index (κ3) is 10.00. The van der Waals surface area contributed by atoms with E-state index in [9.17, 15) is 0 Å². The third-order valence-electron chi connectivity index (χ3n) is 0.524. The molecule has 0 amide bonds. The summed E-state index contributed by atoms with van der Waals surface area (Å²) in [7, 11) is 0. The van der Waals surface area contributed by atoms with Crippen LogP contribution < -0.4 is 11.5 Å².